The van der Waals surface area contributed by atoms with Crippen molar-refractivity contribution in [1.82, 2.24) is 5.32 Å². The first kappa shape index (κ1) is 12.5. The Morgan fingerprint density at radius 3 is 2.59 bits per heavy atom. The molecule has 3 heteroatoms. The van der Waals surface area contributed by atoms with Crippen molar-refractivity contribution in [2.45, 2.75) is 44.3 Å². The normalized spacial score (nSPS) is 25.0. The quantitative estimate of drug-likeness (QED) is 0.832. The molecule has 94 valence electrons. The standard InChI is InChI=1S/C14H19F2N/c1-14(16,11-6-8-12(15)9-7-11)13-5-3-2-4-10-17-13/h6-9,13,17H,2-5,10H2,1H3. The van der Waals surface area contributed by atoms with Crippen LogP contribution in [0.25, 0.3) is 0 Å². The Balaban J connectivity index is 2.18. The lowest BCUT2D eigenvalue weighted by atomic mass is 9.87. The number of hydrogen-bond acceptors (Lipinski definition) is 1. The zero-order valence-electron chi connectivity index (χ0n) is 10.2. The van der Waals surface area contributed by atoms with E-state index < -0.39 is 5.67 Å². The van der Waals surface area contributed by atoms with E-state index >= 15 is 0 Å². The molecular formula is C14H19F2N. The summed E-state index contributed by atoms with van der Waals surface area (Å²) in [5.41, 5.74) is -0.879. The molecule has 1 aliphatic heterocycles. The van der Waals surface area contributed by atoms with Gasteiger partial charge in [-0.05, 0) is 44.0 Å². The molecular weight excluding hydrogens is 220 g/mol. The van der Waals surface area contributed by atoms with Crippen LogP contribution in [0.3, 0.4) is 0 Å². The molecule has 0 radical (unpaired) electrons. The van der Waals surface area contributed by atoms with Crippen LogP contribution in [0.5, 0.6) is 0 Å². The van der Waals surface area contributed by atoms with Crippen molar-refractivity contribution < 1.29 is 8.78 Å². The highest BCUT2D eigenvalue weighted by Gasteiger charge is 2.35. The van der Waals surface area contributed by atoms with Crippen molar-refractivity contribution in [3.05, 3.63) is 35.6 Å². The molecule has 1 aliphatic rings. The van der Waals surface area contributed by atoms with Gasteiger partial charge in [0, 0.05) is 6.04 Å². The SMILES string of the molecule is CC(F)(c1ccc(F)cc1)C1CCCCCN1. The molecule has 1 aromatic rings. The molecule has 0 spiro atoms. The first-order valence-electron chi connectivity index (χ1n) is 6.29. The Hall–Kier alpha value is -0.960. The van der Waals surface area contributed by atoms with Crippen LogP contribution in [-0.4, -0.2) is 12.6 Å². The minimum Gasteiger partial charge on any atom is -0.311 e. The molecule has 0 aromatic heterocycles. The summed E-state index contributed by atoms with van der Waals surface area (Å²) >= 11 is 0. The maximum atomic E-state index is 14.8. The van der Waals surface area contributed by atoms with E-state index in [2.05, 4.69) is 5.32 Å². The van der Waals surface area contributed by atoms with Gasteiger partial charge in [-0.1, -0.05) is 25.0 Å². The monoisotopic (exact) mass is 239 g/mol. The van der Waals surface area contributed by atoms with Crippen molar-refractivity contribution >= 4 is 0 Å². The third-order valence-corrected chi connectivity index (χ3v) is 3.62. The van der Waals surface area contributed by atoms with Gasteiger partial charge in [0.2, 0.25) is 0 Å². The summed E-state index contributed by atoms with van der Waals surface area (Å²) < 4.78 is 27.7. The molecule has 0 aliphatic carbocycles. The van der Waals surface area contributed by atoms with Crippen molar-refractivity contribution in [1.29, 1.82) is 0 Å². The number of rotatable bonds is 2. The predicted molar refractivity (Wildman–Crippen MR) is 65.1 cm³/mol. The van der Waals surface area contributed by atoms with Crippen LogP contribution in [0.2, 0.25) is 0 Å². The molecule has 1 N–H and O–H groups in total. The van der Waals surface area contributed by atoms with Crippen molar-refractivity contribution in [2.24, 2.45) is 0 Å². The molecule has 1 aromatic carbocycles. The fourth-order valence-corrected chi connectivity index (χ4v) is 2.47. The molecule has 2 rings (SSSR count). The third-order valence-electron chi connectivity index (χ3n) is 3.62. The summed E-state index contributed by atoms with van der Waals surface area (Å²) in [7, 11) is 0. The molecule has 1 saturated heterocycles. The van der Waals surface area contributed by atoms with Gasteiger partial charge in [0.25, 0.3) is 0 Å². The number of nitrogens with one attached hydrogen (secondary N) is 1. The molecule has 1 heterocycles. The summed E-state index contributed by atoms with van der Waals surface area (Å²) in [6, 6.07) is 5.56. The molecule has 0 amide bonds. The predicted octanol–water partition coefficient (Wildman–Crippen LogP) is 3.54. The Morgan fingerprint density at radius 2 is 1.88 bits per heavy atom. The molecule has 1 fully saturated rings. The van der Waals surface area contributed by atoms with E-state index in [9.17, 15) is 8.78 Å². The Kier molecular flexibility index (Phi) is 3.77. The van der Waals surface area contributed by atoms with E-state index in [0.29, 0.717) is 5.56 Å². The first-order valence-corrected chi connectivity index (χ1v) is 6.29. The second-order valence-corrected chi connectivity index (χ2v) is 4.94. The second-order valence-electron chi connectivity index (χ2n) is 4.94. The number of alkyl halides is 1. The van der Waals surface area contributed by atoms with E-state index in [-0.39, 0.29) is 11.9 Å². The van der Waals surface area contributed by atoms with E-state index in [1.54, 1.807) is 19.1 Å². The minimum absolute atomic E-state index is 0.171. The van der Waals surface area contributed by atoms with Crippen molar-refractivity contribution in [3.8, 4) is 0 Å². The zero-order chi connectivity index (χ0) is 12.3. The minimum atomic E-state index is -1.43. The molecule has 1 nitrogen and oxygen atoms in total. The van der Waals surface area contributed by atoms with E-state index in [1.807, 2.05) is 0 Å². The topological polar surface area (TPSA) is 12.0 Å². The van der Waals surface area contributed by atoms with E-state index in [0.717, 1.165) is 32.2 Å². The van der Waals surface area contributed by atoms with Crippen LogP contribution in [0.15, 0.2) is 24.3 Å². The first-order chi connectivity index (χ1) is 8.10. The average Bonchev–Trinajstić information content (AvgIpc) is 2.58. The van der Waals surface area contributed by atoms with E-state index in [4.69, 9.17) is 0 Å². The van der Waals surface area contributed by atoms with Crippen LogP contribution in [0, 0.1) is 5.82 Å². The van der Waals surface area contributed by atoms with Crippen LogP contribution < -0.4 is 5.32 Å². The van der Waals surface area contributed by atoms with Gasteiger partial charge in [0.1, 0.15) is 11.5 Å². The van der Waals surface area contributed by atoms with Crippen LogP contribution >= 0.6 is 0 Å². The van der Waals surface area contributed by atoms with Gasteiger partial charge in [0.05, 0.1) is 0 Å². The van der Waals surface area contributed by atoms with Crippen molar-refractivity contribution in [2.75, 3.05) is 6.54 Å². The zero-order valence-corrected chi connectivity index (χ0v) is 10.2. The highest BCUT2D eigenvalue weighted by molar-refractivity contribution is 5.24. The number of benzene rings is 1. The van der Waals surface area contributed by atoms with Gasteiger partial charge in [-0.15, -0.1) is 0 Å². The molecule has 2 unspecified atom stereocenters. The lowest BCUT2D eigenvalue weighted by Gasteiger charge is -2.31. The fraction of sp³-hybridized carbons (Fsp3) is 0.571. The average molecular weight is 239 g/mol. The maximum absolute atomic E-state index is 14.8. The largest absolute Gasteiger partial charge is 0.311 e. The van der Waals surface area contributed by atoms with Gasteiger partial charge in [-0.2, -0.15) is 0 Å². The highest BCUT2D eigenvalue weighted by Crippen LogP contribution is 2.33. The molecule has 2 atom stereocenters. The Morgan fingerprint density at radius 1 is 1.18 bits per heavy atom. The van der Waals surface area contributed by atoms with Crippen LogP contribution in [0.1, 0.15) is 38.2 Å². The maximum Gasteiger partial charge on any atom is 0.148 e. The molecule has 17 heavy (non-hydrogen) atoms. The van der Waals surface area contributed by atoms with Gasteiger partial charge in [0.15, 0.2) is 0 Å². The number of hydrogen-bond donors (Lipinski definition) is 1. The highest BCUT2D eigenvalue weighted by atomic mass is 19.1. The smallest absolute Gasteiger partial charge is 0.148 e. The van der Waals surface area contributed by atoms with Crippen LogP contribution in [0.4, 0.5) is 8.78 Å². The lowest BCUT2D eigenvalue weighted by Crippen LogP contribution is -2.43. The summed E-state index contributed by atoms with van der Waals surface area (Å²) in [4.78, 5) is 0. The van der Waals surface area contributed by atoms with E-state index in [1.165, 1.54) is 12.1 Å². The van der Waals surface area contributed by atoms with Gasteiger partial charge in [-0.3, -0.25) is 0 Å². The molecule has 0 saturated carbocycles. The van der Waals surface area contributed by atoms with Gasteiger partial charge < -0.3 is 5.32 Å². The fourth-order valence-electron chi connectivity index (χ4n) is 2.47. The Labute approximate surface area is 101 Å². The number of halogens is 2. The van der Waals surface area contributed by atoms with Crippen LogP contribution in [-0.2, 0) is 5.67 Å². The Bertz CT molecular complexity index is 351. The summed E-state index contributed by atoms with van der Waals surface area (Å²) in [5.74, 6) is -0.321. The lowest BCUT2D eigenvalue weighted by molar-refractivity contribution is 0.123. The third kappa shape index (κ3) is 2.83. The van der Waals surface area contributed by atoms with Gasteiger partial charge in [-0.25, -0.2) is 8.78 Å². The summed E-state index contributed by atoms with van der Waals surface area (Å²) in [6.07, 6.45) is 4.15. The summed E-state index contributed by atoms with van der Waals surface area (Å²) in [6.45, 7) is 2.45. The van der Waals surface area contributed by atoms with Crippen molar-refractivity contribution in [3.63, 3.8) is 0 Å². The summed E-state index contributed by atoms with van der Waals surface area (Å²) in [5, 5.41) is 3.27. The molecule has 0 bridgehead atoms. The second kappa shape index (κ2) is 5.13. The van der Waals surface area contributed by atoms with Gasteiger partial charge >= 0.3 is 0 Å².